The molecular weight excluding hydrogens is 1810 g/mol. The third-order valence-electron chi connectivity index (χ3n) is 21.0. The lowest BCUT2D eigenvalue weighted by molar-refractivity contribution is 0.606. The van der Waals surface area contributed by atoms with Gasteiger partial charge >= 0.3 is 0 Å². The number of rotatable bonds is 17. The Morgan fingerprint density at radius 3 is 1.34 bits per heavy atom. The average molecular weight is 1890 g/mol. The van der Waals surface area contributed by atoms with Crippen LogP contribution in [0.4, 0.5) is 69.9 Å². The van der Waals surface area contributed by atoms with Crippen molar-refractivity contribution in [2.45, 2.75) is 106 Å². The van der Waals surface area contributed by atoms with Crippen LogP contribution in [0.3, 0.4) is 0 Å². The Labute approximate surface area is 776 Å². The highest BCUT2D eigenvalue weighted by Crippen LogP contribution is 2.44. The summed E-state index contributed by atoms with van der Waals surface area (Å²) in [6, 6.07) is 26.6. The van der Waals surface area contributed by atoms with Gasteiger partial charge in [-0.15, -0.1) is 0 Å². The summed E-state index contributed by atoms with van der Waals surface area (Å²) in [7, 11) is 0. The summed E-state index contributed by atoms with van der Waals surface area (Å²) in [5.74, 6) is 1.04. The molecule has 17 rings (SSSR count). The number of halogens is 8. The molecule has 0 spiro atoms. The van der Waals surface area contributed by atoms with Crippen LogP contribution in [0.1, 0.15) is 143 Å². The van der Waals surface area contributed by atoms with Crippen molar-refractivity contribution in [1.29, 1.82) is 21.0 Å². The van der Waals surface area contributed by atoms with Crippen molar-refractivity contribution in [3.63, 3.8) is 0 Å². The predicted octanol–water partition coefficient (Wildman–Crippen LogP) is 14.1. The van der Waals surface area contributed by atoms with Gasteiger partial charge in [0.1, 0.15) is 151 Å². The van der Waals surface area contributed by atoms with Crippen molar-refractivity contribution in [2.24, 2.45) is 5.92 Å². The fraction of sp³-hybridized carbons (Fsp3) is 0.191. The van der Waals surface area contributed by atoms with Crippen molar-refractivity contribution in [3.05, 3.63) is 293 Å². The lowest BCUT2D eigenvalue weighted by atomic mass is 10.1. The maximum Gasteiger partial charge on any atom is 0.267 e. The molecule has 1 fully saturated rings. The van der Waals surface area contributed by atoms with Gasteiger partial charge in [-0.3, -0.25) is 52.4 Å². The van der Waals surface area contributed by atoms with Crippen LogP contribution in [0, 0.1) is 123 Å². The van der Waals surface area contributed by atoms with E-state index in [2.05, 4.69) is 102 Å². The molecule has 4 atom stereocenters. The number of aryl methyl sites for hydroxylation is 6. The molecule has 674 valence electrons. The van der Waals surface area contributed by atoms with Gasteiger partial charge in [0.25, 0.3) is 22.2 Å². The summed E-state index contributed by atoms with van der Waals surface area (Å²) in [5.41, 5.74) is 30.9. The predicted molar refractivity (Wildman–Crippen MR) is 498 cm³/mol. The van der Waals surface area contributed by atoms with Crippen LogP contribution in [-0.4, -0.2) is 98.0 Å². The van der Waals surface area contributed by atoms with Gasteiger partial charge in [0.15, 0.2) is 23.3 Å². The van der Waals surface area contributed by atoms with Gasteiger partial charge in [-0.1, -0.05) is 58.5 Å². The number of benzene rings is 4. The number of nitrogens with two attached hydrogens (primary N) is 5. The summed E-state index contributed by atoms with van der Waals surface area (Å²) in [6.45, 7) is 16.7. The van der Waals surface area contributed by atoms with Gasteiger partial charge in [0, 0.05) is 17.8 Å². The molecule has 12 heterocycles. The van der Waals surface area contributed by atoms with Crippen LogP contribution in [0.5, 0.6) is 0 Å². The van der Waals surface area contributed by atoms with E-state index in [0.717, 1.165) is 47.5 Å². The highest BCUT2D eigenvalue weighted by atomic mass is 35.5. The number of aromatic nitrogens is 20. The lowest BCUT2D eigenvalue weighted by Gasteiger charge is -2.24. The van der Waals surface area contributed by atoms with Gasteiger partial charge in [-0.05, 0) is 160 Å². The number of anilines is 9. The molecule has 0 saturated heterocycles. The van der Waals surface area contributed by atoms with Gasteiger partial charge in [0.2, 0.25) is 0 Å². The van der Waals surface area contributed by atoms with Crippen molar-refractivity contribution in [3.8, 4) is 47.0 Å². The van der Waals surface area contributed by atoms with Crippen LogP contribution < -0.4 is 72.2 Å². The molecule has 1 aliphatic carbocycles. The first-order valence-electron chi connectivity index (χ1n) is 40.3. The van der Waals surface area contributed by atoms with Gasteiger partial charge in [-0.25, -0.2) is 82.4 Å². The second-order valence-corrected chi connectivity index (χ2v) is 32.0. The number of nitrogen functional groups attached to an aromatic ring is 5. The smallest absolute Gasteiger partial charge is 0.267 e. The Morgan fingerprint density at radius 1 is 0.410 bits per heavy atom. The van der Waals surface area contributed by atoms with Crippen LogP contribution in [0.25, 0.3) is 66.4 Å². The minimum absolute atomic E-state index is 0.00731. The third kappa shape index (κ3) is 18.8. The molecule has 4 aromatic carbocycles. The molecule has 0 aliphatic heterocycles. The van der Waals surface area contributed by atoms with Crippen LogP contribution in [0.2, 0.25) is 20.1 Å². The van der Waals surface area contributed by atoms with E-state index in [4.69, 9.17) is 80.1 Å². The number of pyridine rings is 4. The Balaban J connectivity index is 0.000000143. The highest BCUT2D eigenvalue weighted by molar-refractivity contribution is 6.36. The number of fused-ring (bicyclic) bond motifs is 4. The molecular formula is C89H73Cl4F4N33O4. The summed E-state index contributed by atoms with van der Waals surface area (Å²) in [5, 5.41) is 51.1. The fourth-order valence-electron chi connectivity index (χ4n) is 14.6. The Kier molecular flexibility index (Phi) is 26.9. The first kappa shape index (κ1) is 93.5. The van der Waals surface area contributed by atoms with Crippen molar-refractivity contribution in [1.82, 2.24) is 98.0 Å². The normalized spacial score (nSPS) is 12.4. The molecule has 0 unspecified atom stereocenters. The molecule has 0 amide bonds. The average Bonchev–Trinajstić information content (AvgIpc) is 1.66. The zero-order valence-electron chi connectivity index (χ0n) is 72.1. The van der Waals surface area contributed by atoms with E-state index in [1.807, 2.05) is 31.2 Å². The zero-order valence-corrected chi connectivity index (χ0v) is 75.1. The minimum atomic E-state index is -0.834. The minimum Gasteiger partial charge on any atom is -0.384 e. The van der Waals surface area contributed by atoms with Gasteiger partial charge < -0.3 is 49.9 Å². The Hall–Kier alpha value is -16.6. The topological polar surface area (TPSA) is 568 Å². The molecule has 1 saturated carbocycles. The summed E-state index contributed by atoms with van der Waals surface area (Å²) < 4.78 is 62.4. The van der Waals surface area contributed by atoms with Gasteiger partial charge in [-0.2, -0.15) is 21.0 Å². The van der Waals surface area contributed by atoms with E-state index in [1.165, 1.54) is 52.7 Å². The molecule has 0 radical (unpaired) electrons. The fourth-order valence-corrected chi connectivity index (χ4v) is 15.5. The van der Waals surface area contributed by atoms with E-state index in [0.29, 0.717) is 73.5 Å². The van der Waals surface area contributed by atoms with Crippen LogP contribution in [-0.2, 0) is 0 Å². The molecule has 1 aliphatic rings. The Morgan fingerprint density at radius 2 is 0.843 bits per heavy atom. The SMILES string of the molecule is Cc1cncc(-n2c([C@@H](Nc3nc(C)nc(N)c3C#N)C3CC3)nc3cccc(Cl)c3c2=O)c1.Cc1nc(N)c(C#N)c(N[C@@H](C)c2nc3c(F)ccc(Cl)c3c(=O)n2-c2cncc(F)c2C)n1.Cc1nc(N)c(C#N)c(N[C@@H](C)c2nc3ccc(F)c(Cl)c3c(=O)n2-c2ccc(N)nc2)n1.Cc1nc(N)c(C#N)c(N[C@@H](C)c2nc3cccc(Cl)c3c(=O)n2-c2cc(F)cnc2C)n1. The maximum atomic E-state index is 14.7. The molecule has 14 N–H and O–H groups in total. The second kappa shape index (κ2) is 38.6. The van der Waals surface area contributed by atoms with Crippen LogP contribution in [0.15, 0.2) is 141 Å². The molecule has 12 aromatic heterocycles. The third-order valence-corrected chi connectivity index (χ3v) is 22.3. The van der Waals surface area contributed by atoms with Crippen molar-refractivity contribution < 1.29 is 17.6 Å². The van der Waals surface area contributed by atoms with Crippen molar-refractivity contribution >= 4 is 142 Å². The number of hydrogen-bond donors (Lipinski definition) is 9. The highest BCUT2D eigenvalue weighted by Gasteiger charge is 2.38. The van der Waals surface area contributed by atoms with E-state index in [1.54, 1.807) is 115 Å². The summed E-state index contributed by atoms with van der Waals surface area (Å²) in [4.78, 5) is 122. The van der Waals surface area contributed by atoms with E-state index >= 15 is 0 Å². The number of hydrogen-bond acceptors (Lipinski definition) is 33. The monoisotopic (exact) mass is 1880 g/mol. The number of nitrogens with one attached hydrogen (secondary N) is 4. The Bertz CT molecular complexity index is 7960. The number of nitriles is 4. The molecule has 16 aromatic rings. The van der Waals surface area contributed by atoms with Crippen molar-refractivity contribution in [2.75, 3.05) is 49.9 Å². The van der Waals surface area contributed by atoms with Crippen LogP contribution >= 0.6 is 46.4 Å². The molecule has 45 heteroatoms. The lowest BCUT2D eigenvalue weighted by Crippen LogP contribution is -2.30. The maximum absolute atomic E-state index is 14.7. The standard InChI is InChI=1S/C24H21ClN8O.C22H17ClF2N8O.C22H18ClFN8O.C21H17ClFN9O/c1-12-8-15(11-28-10-12)33-23(31-18-5-3-4-17(25)19(18)24(33)34)20(14-6-7-14)32-22-16(9-26)21(27)29-13(2)30-22;1-9-15(25)7-28-8-16(9)33-21(32-18-14(24)5-4-13(23)17(18)22(33)34)10(2)29-20-12(6-26)19(27)30-11(3)31-20;1-10-17(7-13(24)9-27-10)32-21(31-16-6-4-5-15(23)18(16)22(32)33)11(2)28-20-14(8-25)19(26)29-12(3)30-20;1-9(28-19-12(7-24)18(26)29-10(2)30-19)20-31-14-5-4-13(23)17(22)16(14)21(33)32(20)11-3-6-15(25)27-8-11/h3-5,8,10-11,14,20H,6-7H2,1-2H3,(H3,27,29,30,32);4-5,7-8,10H,1-3H3,(H3,27,29,30,31);4-7,9,11H,1-3H3,(H3,26,28,29,30);3-6,8-9H,1-2H3,(H2,25,27)(H3,26,28,29,30)/t20-;10-;11-;9-/m0000/s1. The van der Waals surface area contributed by atoms with E-state index < -0.39 is 64.1 Å². The zero-order chi connectivity index (χ0) is 96.4. The molecule has 134 heavy (non-hydrogen) atoms. The van der Waals surface area contributed by atoms with Gasteiger partial charge in [0.05, 0.1) is 142 Å². The number of nitrogens with zero attached hydrogens (tertiary/aromatic N) is 24. The first-order valence-corrected chi connectivity index (χ1v) is 41.8. The summed E-state index contributed by atoms with van der Waals surface area (Å²) >= 11 is 25.0. The molecule has 37 nitrogen and oxygen atoms in total. The van der Waals surface area contributed by atoms with E-state index in [-0.39, 0.29) is 157 Å². The first-order chi connectivity index (χ1) is 63.9. The second-order valence-electron chi connectivity index (χ2n) is 30.4. The molecule has 0 bridgehead atoms. The van der Waals surface area contributed by atoms with E-state index in [9.17, 15) is 57.8 Å². The summed E-state index contributed by atoms with van der Waals surface area (Å²) in [6.07, 6.45) is 9.99. The largest absolute Gasteiger partial charge is 0.384 e. The quantitative estimate of drug-likeness (QED) is 0.0382.